The van der Waals surface area contributed by atoms with E-state index >= 15 is 0 Å². The Morgan fingerprint density at radius 3 is 2.72 bits per heavy atom. The van der Waals surface area contributed by atoms with Gasteiger partial charge in [-0.25, -0.2) is 15.0 Å². The maximum absolute atomic E-state index is 11.5. The summed E-state index contributed by atoms with van der Waals surface area (Å²) in [5, 5.41) is 0. The van der Waals surface area contributed by atoms with Gasteiger partial charge in [0.25, 0.3) is 0 Å². The van der Waals surface area contributed by atoms with Gasteiger partial charge >= 0.3 is 0 Å². The van der Waals surface area contributed by atoms with Gasteiger partial charge in [-0.05, 0) is 26.3 Å². The SMILES string of the molecule is C=CC(C)=Nc1nc(C(C)CC)ncc1C(C)=O. The zero-order chi connectivity index (χ0) is 13.7. The second kappa shape index (κ2) is 6.19. The minimum Gasteiger partial charge on any atom is -0.294 e. The quantitative estimate of drug-likeness (QED) is 0.589. The molecule has 1 rings (SSSR count). The topological polar surface area (TPSA) is 55.2 Å². The van der Waals surface area contributed by atoms with Crippen LogP contribution in [0.4, 0.5) is 5.82 Å². The lowest BCUT2D eigenvalue weighted by atomic mass is 10.1. The Morgan fingerprint density at radius 2 is 2.22 bits per heavy atom. The van der Waals surface area contributed by atoms with Gasteiger partial charge in [0.1, 0.15) is 5.82 Å². The maximum atomic E-state index is 11.5. The van der Waals surface area contributed by atoms with Crippen molar-refractivity contribution in [2.45, 2.75) is 40.0 Å². The highest BCUT2D eigenvalue weighted by Gasteiger charge is 2.13. The van der Waals surface area contributed by atoms with Crippen LogP contribution in [0.1, 0.15) is 56.2 Å². The third-order valence-electron chi connectivity index (χ3n) is 2.80. The smallest absolute Gasteiger partial charge is 0.166 e. The van der Waals surface area contributed by atoms with Crippen LogP contribution in [0.15, 0.2) is 23.8 Å². The Hall–Kier alpha value is -1.84. The van der Waals surface area contributed by atoms with E-state index in [1.54, 1.807) is 12.3 Å². The van der Waals surface area contributed by atoms with Gasteiger partial charge in [0, 0.05) is 17.8 Å². The van der Waals surface area contributed by atoms with Gasteiger partial charge in [-0.1, -0.05) is 20.4 Å². The average molecular weight is 245 g/mol. The van der Waals surface area contributed by atoms with Crippen molar-refractivity contribution in [2.75, 3.05) is 0 Å². The van der Waals surface area contributed by atoms with Gasteiger partial charge in [0.05, 0.1) is 5.56 Å². The molecule has 1 heterocycles. The summed E-state index contributed by atoms with van der Waals surface area (Å²) in [6.45, 7) is 11.1. The number of hydrogen-bond acceptors (Lipinski definition) is 4. The van der Waals surface area contributed by atoms with E-state index < -0.39 is 0 Å². The number of ketones is 1. The summed E-state index contributed by atoms with van der Waals surface area (Å²) >= 11 is 0. The largest absolute Gasteiger partial charge is 0.294 e. The Bertz CT molecular complexity index is 492. The maximum Gasteiger partial charge on any atom is 0.166 e. The zero-order valence-electron chi connectivity index (χ0n) is 11.4. The normalized spacial score (nSPS) is 13.2. The van der Waals surface area contributed by atoms with Crippen molar-refractivity contribution in [1.29, 1.82) is 0 Å². The molecule has 0 fully saturated rings. The molecule has 0 radical (unpaired) electrons. The molecule has 18 heavy (non-hydrogen) atoms. The number of rotatable bonds is 5. The summed E-state index contributed by atoms with van der Waals surface area (Å²) in [4.78, 5) is 24.4. The summed E-state index contributed by atoms with van der Waals surface area (Å²) < 4.78 is 0. The van der Waals surface area contributed by atoms with Crippen LogP contribution < -0.4 is 0 Å². The Labute approximate surface area is 108 Å². The number of allylic oxidation sites excluding steroid dienone is 1. The molecule has 4 nitrogen and oxygen atoms in total. The van der Waals surface area contributed by atoms with Crippen LogP contribution in [-0.2, 0) is 0 Å². The van der Waals surface area contributed by atoms with Crippen LogP contribution >= 0.6 is 0 Å². The lowest BCUT2D eigenvalue weighted by Crippen LogP contribution is -2.04. The number of Topliss-reactive ketones (excluding diaryl/α,β-unsaturated/α-hetero) is 1. The molecule has 0 aliphatic heterocycles. The molecule has 4 heteroatoms. The van der Waals surface area contributed by atoms with Gasteiger partial charge in [0.15, 0.2) is 11.6 Å². The van der Waals surface area contributed by atoms with Crippen LogP contribution in [-0.4, -0.2) is 21.5 Å². The summed E-state index contributed by atoms with van der Waals surface area (Å²) in [6, 6.07) is 0. The highest BCUT2D eigenvalue weighted by Crippen LogP contribution is 2.21. The molecular formula is C14H19N3O. The van der Waals surface area contributed by atoms with Crippen LogP contribution in [0.5, 0.6) is 0 Å². The van der Waals surface area contributed by atoms with Gasteiger partial charge in [-0.2, -0.15) is 0 Å². The number of hydrogen-bond donors (Lipinski definition) is 0. The molecule has 1 unspecified atom stereocenters. The third-order valence-corrected chi connectivity index (χ3v) is 2.80. The van der Waals surface area contributed by atoms with Crippen LogP contribution in [0.2, 0.25) is 0 Å². The van der Waals surface area contributed by atoms with E-state index in [2.05, 4.69) is 35.4 Å². The molecule has 0 saturated heterocycles. The van der Waals surface area contributed by atoms with E-state index in [-0.39, 0.29) is 11.7 Å². The molecule has 0 bridgehead atoms. The van der Waals surface area contributed by atoms with Crippen molar-refractivity contribution >= 4 is 17.3 Å². The van der Waals surface area contributed by atoms with Crippen LogP contribution in [0, 0.1) is 0 Å². The molecule has 1 aromatic rings. The van der Waals surface area contributed by atoms with Crippen molar-refractivity contribution in [3.63, 3.8) is 0 Å². The second-order valence-electron chi connectivity index (χ2n) is 4.29. The van der Waals surface area contributed by atoms with E-state index in [1.807, 2.05) is 6.92 Å². The highest BCUT2D eigenvalue weighted by molar-refractivity contribution is 6.00. The molecule has 1 aromatic heterocycles. The molecule has 0 aliphatic rings. The van der Waals surface area contributed by atoms with E-state index in [9.17, 15) is 4.79 Å². The Kier molecular flexibility index (Phi) is 4.89. The fourth-order valence-corrected chi connectivity index (χ4v) is 1.35. The minimum atomic E-state index is -0.0821. The van der Waals surface area contributed by atoms with Crippen molar-refractivity contribution in [1.82, 2.24) is 9.97 Å². The first-order chi connectivity index (χ1) is 8.49. The molecule has 96 valence electrons. The van der Waals surface area contributed by atoms with E-state index in [0.717, 1.165) is 18.0 Å². The summed E-state index contributed by atoms with van der Waals surface area (Å²) in [6.07, 6.45) is 4.14. The number of aliphatic imine (C=N–C) groups is 1. The van der Waals surface area contributed by atoms with E-state index in [1.165, 1.54) is 6.92 Å². The van der Waals surface area contributed by atoms with Gasteiger partial charge in [-0.3, -0.25) is 4.79 Å². The number of aromatic nitrogens is 2. The average Bonchev–Trinajstić information content (AvgIpc) is 2.37. The van der Waals surface area contributed by atoms with Gasteiger partial charge in [0.2, 0.25) is 0 Å². The van der Waals surface area contributed by atoms with Gasteiger partial charge < -0.3 is 0 Å². The lowest BCUT2D eigenvalue weighted by molar-refractivity contribution is 0.101. The van der Waals surface area contributed by atoms with Crippen molar-refractivity contribution < 1.29 is 4.79 Å². The third kappa shape index (κ3) is 3.32. The second-order valence-corrected chi connectivity index (χ2v) is 4.29. The van der Waals surface area contributed by atoms with Crippen molar-refractivity contribution in [3.05, 3.63) is 30.2 Å². The molecular weight excluding hydrogens is 226 g/mol. The Balaban J connectivity index is 3.32. The van der Waals surface area contributed by atoms with E-state index in [4.69, 9.17) is 0 Å². The Morgan fingerprint density at radius 1 is 1.56 bits per heavy atom. The summed E-state index contributed by atoms with van der Waals surface area (Å²) in [7, 11) is 0. The fraction of sp³-hybridized carbons (Fsp3) is 0.429. The molecule has 0 N–H and O–H groups in total. The minimum absolute atomic E-state index is 0.0821. The fourth-order valence-electron chi connectivity index (χ4n) is 1.35. The predicted octanol–water partition coefficient (Wildman–Crippen LogP) is 3.47. The van der Waals surface area contributed by atoms with Crippen molar-refractivity contribution in [3.8, 4) is 0 Å². The first-order valence-corrected chi connectivity index (χ1v) is 6.05. The molecule has 0 saturated carbocycles. The molecule has 0 amide bonds. The molecule has 0 spiro atoms. The number of carbonyl (C=O) groups is 1. The van der Waals surface area contributed by atoms with Crippen molar-refractivity contribution in [2.24, 2.45) is 4.99 Å². The lowest BCUT2D eigenvalue weighted by Gasteiger charge is -2.09. The number of carbonyl (C=O) groups excluding carboxylic acids is 1. The number of nitrogens with zero attached hydrogens (tertiary/aromatic N) is 3. The van der Waals surface area contributed by atoms with Gasteiger partial charge in [-0.15, -0.1) is 0 Å². The molecule has 0 aromatic carbocycles. The first-order valence-electron chi connectivity index (χ1n) is 6.05. The summed E-state index contributed by atoms with van der Waals surface area (Å²) in [5.41, 5.74) is 1.18. The van der Waals surface area contributed by atoms with Crippen LogP contribution in [0.25, 0.3) is 0 Å². The predicted molar refractivity (Wildman–Crippen MR) is 73.7 cm³/mol. The summed E-state index contributed by atoms with van der Waals surface area (Å²) in [5.74, 6) is 1.33. The molecule has 0 aliphatic carbocycles. The van der Waals surface area contributed by atoms with E-state index in [0.29, 0.717) is 11.4 Å². The zero-order valence-corrected chi connectivity index (χ0v) is 11.4. The monoisotopic (exact) mass is 245 g/mol. The highest BCUT2D eigenvalue weighted by atomic mass is 16.1. The molecule has 1 atom stereocenters. The van der Waals surface area contributed by atoms with Crippen LogP contribution in [0.3, 0.4) is 0 Å². The standard InChI is InChI=1S/C14H19N3O/c1-6-9(3)13-15-8-12(11(5)18)14(17-13)16-10(4)7-2/h7-9H,2,6H2,1,3-5H3. The first kappa shape index (κ1) is 14.2.